The first-order valence-electron chi connectivity index (χ1n) is 9.02. The van der Waals surface area contributed by atoms with Crippen LogP contribution in [0.5, 0.6) is 23.0 Å². The van der Waals surface area contributed by atoms with E-state index in [1.54, 1.807) is 26.2 Å². The summed E-state index contributed by atoms with van der Waals surface area (Å²) in [6, 6.07) is 2.90. The van der Waals surface area contributed by atoms with Gasteiger partial charge < -0.3 is 33.6 Å². The average molecular weight is 404 g/mol. The smallest absolute Gasteiger partial charge is 0.335 e. The van der Waals surface area contributed by atoms with E-state index in [4.69, 9.17) is 23.7 Å². The number of methoxy groups -OCH3 is 4. The average Bonchev–Trinajstić information content (AvgIpc) is 3.11. The number of esters is 1. The standard InChI is InChI=1S/C21H28N2O6/c1-8-29-21(24)13(2)19(15-11-23(3)12-18(15)27-6)22-14-9-16(25-4)20(28-7)17(10-14)26-5/h9-12,19,22H,2,8H2,1,3-7H3. The maximum Gasteiger partial charge on any atom is 0.335 e. The molecule has 1 aromatic heterocycles. The molecule has 1 heterocycles. The van der Waals surface area contributed by atoms with Gasteiger partial charge in [-0.05, 0) is 6.92 Å². The van der Waals surface area contributed by atoms with Crippen LogP contribution in [0, 0.1) is 0 Å². The van der Waals surface area contributed by atoms with Crippen molar-refractivity contribution in [3.8, 4) is 23.0 Å². The third-order valence-corrected chi connectivity index (χ3v) is 4.34. The van der Waals surface area contributed by atoms with Crippen molar-refractivity contribution in [1.82, 2.24) is 4.57 Å². The van der Waals surface area contributed by atoms with Crippen molar-refractivity contribution >= 4 is 11.7 Å². The molecular weight excluding hydrogens is 376 g/mol. The molecule has 158 valence electrons. The lowest BCUT2D eigenvalue weighted by molar-refractivity contribution is -0.138. The Balaban J connectivity index is 2.53. The molecule has 1 aromatic carbocycles. The lowest BCUT2D eigenvalue weighted by Crippen LogP contribution is -2.20. The van der Waals surface area contributed by atoms with Gasteiger partial charge in [-0.2, -0.15) is 0 Å². The fourth-order valence-electron chi connectivity index (χ4n) is 2.99. The Kier molecular flexibility index (Phi) is 7.41. The molecule has 0 bridgehead atoms. The summed E-state index contributed by atoms with van der Waals surface area (Å²) in [5.74, 6) is 1.55. The predicted octanol–water partition coefficient (Wildman–Crippen LogP) is 3.33. The minimum Gasteiger partial charge on any atom is -0.495 e. The minimum atomic E-state index is -0.604. The van der Waals surface area contributed by atoms with E-state index in [1.807, 2.05) is 24.0 Å². The second-order valence-electron chi connectivity index (χ2n) is 6.18. The van der Waals surface area contributed by atoms with Gasteiger partial charge in [0.25, 0.3) is 0 Å². The molecule has 29 heavy (non-hydrogen) atoms. The molecule has 0 amide bonds. The summed E-state index contributed by atoms with van der Waals surface area (Å²) in [6.45, 7) is 5.96. The topological polar surface area (TPSA) is 80.2 Å². The largest absolute Gasteiger partial charge is 0.495 e. The van der Waals surface area contributed by atoms with Crippen LogP contribution in [0.3, 0.4) is 0 Å². The van der Waals surface area contributed by atoms with Crippen LogP contribution in [0.4, 0.5) is 5.69 Å². The van der Waals surface area contributed by atoms with Crippen molar-refractivity contribution in [3.05, 3.63) is 42.2 Å². The lowest BCUT2D eigenvalue weighted by atomic mass is 10.0. The van der Waals surface area contributed by atoms with Gasteiger partial charge in [-0.3, -0.25) is 0 Å². The van der Waals surface area contributed by atoms with Crippen molar-refractivity contribution in [2.45, 2.75) is 13.0 Å². The van der Waals surface area contributed by atoms with E-state index in [2.05, 4.69) is 11.9 Å². The summed E-state index contributed by atoms with van der Waals surface area (Å²) >= 11 is 0. The van der Waals surface area contributed by atoms with Crippen LogP contribution in [-0.2, 0) is 16.6 Å². The molecule has 1 unspecified atom stereocenters. The number of hydrogen-bond donors (Lipinski definition) is 1. The molecule has 0 spiro atoms. The first-order valence-corrected chi connectivity index (χ1v) is 9.02. The summed E-state index contributed by atoms with van der Waals surface area (Å²) in [7, 11) is 8.05. The SMILES string of the molecule is C=C(C(=O)OCC)C(Nc1cc(OC)c(OC)c(OC)c1)c1cn(C)cc1OC. The normalized spacial score (nSPS) is 11.4. The monoisotopic (exact) mass is 404 g/mol. The van der Waals surface area contributed by atoms with Gasteiger partial charge in [0.05, 0.1) is 46.7 Å². The Morgan fingerprint density at radius 1 is 1.03 bits per heavy atom. The van der Waals surface area contributed by atoms with Gasteiger partial charge in [0, 0.05) is 42.8 Å². The summed E-state index contributed by atoms with van der Waals surface area (Å²) in [4.78, 5) is 12.4. The van der Waals surface area contributed by atoms with Crippen LogP contribution in [0.25, 0.3) is 0 Å². The van der Waals surface area contributed by atoms with E-state index in [-0.39, 0.29) is 12.2 Å². The summed E-state index contributed by atoms with van der Waals surface area (Å²) in [6.07, 6.45) is 3.68. The highest BCUT2D eigenvalue weighted by atomic mass is 16.5. The number of carbonyl (C=O) groups is 1. The fraction of sp³-hybridized carbons (Fsp3) is 0.381. The Hall–Kier alpha value is -3.29. The summed E-state index contributed by atoms with van der Waals surface area (Å²) in [5.41, 5.74) is 1.62. The highest BCUT2D eigenvalue weighted by Crippen LogP contribution is 2.42. The molecule has 0 aliphatic rings. The number of aryl methyl sites for hydroxylation is 1. The highest BCUT2D eigenvalue weighted by molar-refractivity contribution is 5.90. The summed E-state index contributed by atoms with van der Waals surface area (Å²) in [5, 5.41) is 3.31. The fourth-order valence-corrected chi connectivity index (χ4v) is 2.99. The van der Waals surface area contributed by atoms with E-state index >= 15 is 0 Å². The number of aromatic nitrogens is 1. The molecule has 8 nitrogen and oxygen atoms in total. The Morgan fingerprint density at radius 2 is 1.62 bits per heavy atom. The third-order valence-electron chi connectivity index (χ3n) is 4.34. The molecule has 0 saturated carbocycles. The van der Waals surface area contributed by atoms with Crippen molar-refractivity contribution < 1.29 is 28.5 Å². The van der Waals surface area contributed by atoms with Gasteiger partial charge in [-0.15, -0.1) is 0 Å². The van der Waals surface area contributed by atoms with Crippen LogP contribution in [0.2, 0.25) is 0 Å². The van der Waals surface area contributed by atoms with Crippen LogP contribution >= 0.6 is 0 Å². The Bertz CT molecular complexity index is 849. The molecule has 0 fully saturated rings. The molecule has 8 heteroatoms. The first-order chi connectivity index (χ1) is 13.9. The van der Waals surface area contributed by atoms with Crippen LogP contribution in [0.1, 0.15) is 18.5 Å². The van der Waals surface area contributed by atoms with Crippen molar-refractivity contribution in [2.75, 3.05) is 40.4 Å². The zero-order valence-corrected chi connectivity index (χ0v) is 17.7. The van der Waals surface area contributed by atoms with Gasteiger partial charge in [0.2, 0.25) is 5.75 Å². The van der Waals surface area contributed by atoms with E-state index in [1.165, 1.54) is 21.3 Å². The van der Waals surface area contributed by atoms with Gasteiger partial charge in [0.15, 0.2) is 11.5 Å². The second-order valence-corrected chi connectivity index (χ2v) is 6.18. The minimum absolute atomic E-state index is 0.241. The zero-order chi connectivity index (χ0) is 21.6. The second kappa shape index (κ2) is 9.77. The van der Waals surface area contributed by atoms with Crippen LogP contribution in [0.15, 0.2) is 36.7 Å². The van der Waals surface area contributed by atoms with Crippen LogP contribution < -0.4 is 24.3 Å². The maximum atomic E-state index is 12.4. The number of carbonyl (C=O) groups excluding carboxylic acids is 1. The molecule has 1 atom stereocenters. The lowest BCUT2D eigenvalue weighted by Gasteiger charge is -2.23. The summed E-state index contributed by atoms with van der Waals surface area (Å²) < 4.78 is 28.7. The van der Waals surface area contributed by atoms with Crippen LogP contribution in [-0.4, -0.2) is 45.6 Å². The third kappa shape index (κ3) is 4.77. The molecule has 0 aliphatic heterocycles. The quantitative estimate of drug-likeness (QED) is 0.481. The number of nitrogens with zero attached hydrogens (tertiary/aromatic N) is 1. The van der Waals surface area contributed by atoms with Crippen molar-refractivity contribution in [2.24, 2.45) is 7.05 Å². The van der Waals surface area contributed by atoms with Crippen molar-refractivity contribution in [3.63, 3.8) is 0 Å². The predicted molar refractivity (Wildman–Crippen MR) is 110 cm³/mol. The van der Waals surface area contributed by atoms with Gasteiger partial charge >= 0.3 is 5.97 Å². The number of anilines is 1. The number of nitrogens with one attached hydrogen (secondary N) is 1. The van der Waals surface area contributed by atoms with E-state index < -0.39 is 12.0 Å². The molecule has 1 N–H and O–H groups in total. The van der Waals surface area contributed by atoms with Gasteiger partial charge in [0.1, 0.15) is 5.75 Å². The number of rotatable bonds is 10. The molecular formula is C21H28N2O6. The zero-order valence-electron chi connectivity index (χ0n) is 17.7. The van der Waals surface area contributed by atoms with E-state index in [9.17, 15) is 4.79 Å². The molecule has 2 aromatic rings. The first kappa shape index (κ1) is 22.0. The van der Waals surface area contributed by atoms with Gasteiger partial charge in [-0.25, -0.2) is 4.79 Å². The van der Waals surface area contributed by atoms with Gasteiger partial charge in [-0.1, -0.05) is 6.58 Å². The van der Waals surface area contributed by atoms with E-state index in [0.717, 1.165) is 5.56 Å². The molecule has 0 radical (unpaired) electrons. The number of ether oxygens (including phenoxy) is 5. The highest BCUT2D eigenvalue weighted by Gasteiger charge is 2.27. The Labute approximate surface area is 171 Å². The molecule has 0 saturated heterocycles. The maximum absolute atomic E-state index is 12.4. The number of hydrogen-bond acceptors (Lipinski definition) is 7. The van der Waals surface area contributed by atoms with Crippen molar-refractivity contribution in [1.29, 1.82) is 0 Å². The molecule has 0 aliphatic carbocycles. The van der Waals surface area contributed by atoms with E-state index in [0.29, 0.717) is 28.7 Å². The number of benzene rings is 1. The Morgan fingerprint density at radius 3 is 2.10 bits per heavy atom. The molecule has 2 rings (SSSR count).